The number of anilines is 1. The Morgan fingerprint density at radius 3 is 2.76 bits per heavy atom. The number of rotatable bonds is 6. The highest BCUT2D eigenvalue weighted by atomic mass is 35.5. The molecule has 3 aromatic rings. The Labute approximate surface area is 202 Å². The second-order valence-corrected chi connectivity index (χ2v) is 8.88. The van der Waals surface area contributed by atoms with Gasteiger partial charge in [0.15, 0.2) is 5.65 Å². The van der Waals surface area contributed by atoms with Crippen LogP contribution < -0.4 is 10.5 Å². The van der Waals surface area contributed by atoms with Crippen LogP contribution in [-0.4, -0.2) is 69.4 Å². The van der Waals surface area contributed by atoms with Gasteiger partial charge in [-0.2, -0.15) is 10.4 Å². The van der Waals surface area contributed by atoms with E-state index in [1.807, 2.05) is 13.8 Å². The molecule has 1 aromatic carbocycles. The number of fused-ring (bicyclic) bond motifs is 1. The van der Waals surface area contributed by atoms with Crippen LogP contribution in [0.3, 0.4) is 0 Å². The van der Waals surface area contributed by atoms with Gasteiger partial charge in [0.25, 0.3) is 0 Å². The van der Waals surface area contributed by atoms with E-state index < -0.39 is 0 Å². The SMILES string of the molecule is CCOc1c(CCn2nc(C)c3c(N)ncnc32)cc(Cl)c(C#N)c1C1CN(C(=O)N(C)C)C1. The van der Waals surface area contributed by atoms with E-state index in [1.54, 1.807) is 34.6 Å². The van der Waals surface area contributed by atoms with E-state index in [2.05, 4.69) is 21.1 Å². The third-order valence-electron chi connectivity index (χ3n) is 6.02. The van der Waals surface area contributed by atoms with Crippen LogP contribution >= 0.6 is 11.6 Å². The molecule has 1 fully saturated rings. The van der Waals surface area contributed by atoms with Crippen molar-refractivity contribution in [1.29, 1.82) is 5.26 Å². The van der Waals surface area contributed by atoms with Crippen LogP contribution in [0.2, 0.25) is 5.02 Å². The summed E-state index contributed by atoms with van der Waals surface area (Å²) in [5.41, 5.74) is 9.49. The number of halogens is 1. The van der Waals surface area contributed by atoms with Crippen molar-refractivity contribution >= 4 is 34.5 Å². The Bertz CT molecular complexity index is 1290. The number of urea groups is 1. The minimum absolute atomic E-state index is 0.0298. The fourth-order valence-electron chi connectivity index (χ4n) is 4.40. The average molecular weight is 483 g/mol. The molecule has 178 valence electrons. The van der Waals surface area contributed by atoms with E-state index >= 15 is 0 Å². The third-order valence-corrected chi connectivity index (χ3v) is 6.31. The Kier molecular flexibility index (Phi) is 6.48. The number of likely N-dealkylation sites (tertiary alicyclic amines) is 1. The van der Waals surface area contributed by atoms with Crippen molar-refractivity contribution in [1.82, 2.24) is 29.5 Å². The van der Waals surface area contributed by atoms with Gasteiger partial charge in [0, 0.05) is 45.2 Å². The van der Waals surface area contributed by atoms with Gasteiger partial charge >= 0.3 is 6.03 Å². The molecule has 2 aromatic heterocycles. The quantitative estimate of drug-likeness (QED) is 0.572. The lowest BCUT2D eigenvalue weighted by molar-refractivity contribution is 0.127. The molecule has 3 heterocycles. The van der Waals surface area contributed by atoms with Crippen LogP contribution in [0.15, 0.2) is 12.4 Å². The van der Waals surface area contributed by atoms with Crippen molar-refractivity contribution in [2.24, 2.45) is 0 Å². The summed E-state index contributed by atoms with van der Waals surface area (Å²) in [6, 6.07) is 3.97. The fraction of sp³-hybridized carbons (Fsp3) is 0.435. The molecule has 2 amide bonds. The number of nitrogen functional groups attached to an aromatic ring is 1. The van der Waals surface area contributed by atoms with Crippen LogP contribution in [0.4, 0.5) is 10.6 Å². The van der Waals surface area contributed by atoms with Gasteiger partial charge in [-0.3, -0.25) is 0 Å². The molecule has 0 spiro atoms. The van der Waals surface area contributed by atoms with E-state index in [0.717, 1.165) is 22.2 Å². The second kappa shape index (κ2) is 9.35. The number of carbonyl (C=O) groups is 1. The molecule has 0 bridgehead atoms. The average Bonchev–Trinajstić information content (AvgIpc) is 3.09. The number of hydrogen-bond donors (Lipinski definition) is 1. The van der Waals surface area contributed by atoms with Crippen LogP contribution in [0.25, 0.3) is 11.0 Å². The molecule has 1 saturated heterocycles. The number of nitrogens with zero attached hydrogens (tertiary/aromatic N) is 7. The van der Waals surface area contributed by atoms with E-state index in [-0.39, 0.29) is 11.9 Å². The van der Waals surface area contributed by atoms with Crippen molar-refractivity contribution in [3.8, 4) is 11.8 Å². The number of aromatic nitrogens is 4. The minimum atomic E-state index is -0.0582. The Morgan fingerprint density at radius 2 is 2.12 bits per heavy atom. The van der Waals surface area contributed by atoms with Crippen molar-refractivity contribution in [3.05, 3.63) is 39.8 Å². The number of carbonyl (C=O) groups excluding carboxylic acids is 1. The zero-order chi connectivity index (χ0) is 24.6. The molecule has 1 aliphatic rings. The van der Waals surface area contributed by atoms with Gasteiger partial charge in [0.2, 0.25) is 0 Å². The van der Waals surface area contributed by atoms with Crippen LogP contribution in [-0.2, 0) is 13.0 Å². The number of nitriles is 1. The van der Waals surface area contributed by atoms with Crippen molar-refractivity contribution in [3.63, 3.8) is 0 Å². The highest BCUT2D eigenvalue weighted by Crippen LogP contribution is 2.42. The molecule has 2 N–H and O–H groups in total. The van der Waals surface area contributed by atoms with Crippen LogP contribution in [0.5, 0.6) is 5.75 Å². The summed E-state index contributed by atoms with van der Waals surface area (Å²) in [6.45, 7) is 5.74. The molecule has 4 rings (SSSR count). The number of hydrogen-bond acceptors (Lipinski definition) is 7. The topological polar surface area (TPSA) is 126 Å². The highest BCUT2D eigenvalue weighted by molar-refractivity contribution is 6.32. The molecule has 34 heavy (non-hydrogen) atoms. The standard InChI is InChI=1S/C23H27ClN8O2/c1-5-34-20-14(6-7-32-22-18(13(2)29-32)21(26)27-12-28-22)8-17(24)16(9-25)19(20)15-10-31(11-15)23(33)30(3)4/h8,12,15H,5-7,10-11H2,1-4H3,(H2,26,27,28). The summed E-state index contributed by atoms with van der Waals surface area (Å²) in [5.74, 6) is 1.03. The maximum Gasteiger partial charge on any atom is 0.319 e. The zero-order valence-electron chi connectivity index (χ0n) is 19.7. The van der Waals surface area contributed by atoms with Crippen LogP contribution in [0, 0.1) is 18.3 Å². The fourth-order valence-corrected chi connectivity index (χ4v) is 4.68. The molecule has 0 atom stereocenters. The molecule has 0 radical (unpaired) electrons. The first-order valence-corrected chi connectivity index (χ1v) is 11.4. The summed E-state index contributed by atoms with van der Waals surface area (Å²) in [7, 11) is 3.44. The predicted molar refractivity (Wildman–Crippen MR) is 129 cm³/mol. The molecule has 0 unspecified atom stereocenters. The number of nitrogens with two attached hydrogens (primary N) is 1. The summed E-state index contributed by atoms with van der Waals surface area (Å²) < 4.78 is 7.86. The zero-order valence-corrected chi connectivity index (χ0v) is 20.4. The van der Waals surface area contributed by atoms with Gasteiger partial charge in [0.05, 0.1) is 28.3 Å². The normalized spacial score (nSPS) is 13.6. The number of benzene rings is 1. The number of aryl methyl sites for hydroxylation is 3. The summed E-state index contributed by atoms with van der Waals surface area (Å²) >= 11 is 6.56. The lowest BCUT2D eigenvalue weighted by Crippen LogP contribution is -2.52. The first-order chi connectivity index (χ1) is 16.3. The second-order valence-electron chi connectivity index (χ2n) is 8.48. The maximum atomic E-state index is 12.3. The molecule has 11 heteroatoms. The van der Waals surface area contributed by atoms with E-state index in [9.17, 15) is 10.1 Å². The molecule has 1 aliphatic heterocycles. The maximum absolute atomic E-state index is 12.3. The van der Waals surface area contributed by atoms with E-state index in [4.69, 9.17) is 22.1 Å². The van der Waals surface area contributed by atoms with Gasteiger partial charge in [-0.1, -0.05) is 11.6 Å². The highest BCUT2D eigenvalue weighted by Gasteiger charge is 2.37. The monoisotopic (exact) mass is 482 g/mol. The predicted octanol–water partition coefficient (Wildman–Crippen LogP) is 2.96. The summed E-state index contributed by atoms with van der Waals surface area (Å²) in [6.07, 6.45) is 1.98. The molecule has 10 nitrogen and oxygen atoms in total. The molecular weight excluding hydrogens is 456 g/mol. The van der Waals surface area contributed by atoms with Gasteiger partial charge in [-0.25, -0.2) is 19.4 Å². The third kappa shape index (κ3) is 4.07. The minimum Gasteiger partial charge on any atom is -0.493 e. The Balaban J connectivity index is 1.68. The number of amides is 2. The van der Waals surface area contributed by atoms with Gasteiger partial charge in [0.1, 0.15) is 24.0 Å². The first-order valence-electron chi connectivity index (χ1n) is 11.0. The van der Waals surface area contributed by atoms with Crippen molar-refractivity contribution < 1.29 is 9.53 Å². The molecule has 0 aliphatic carbocycles. The van der Waals surface area contributed by atoms with E-state index in [0.29, 0.717) is 60.5 Å². The van der Waals surface area contributed by atoms with Gasteiger partial charge < -0.3 is 20.3 Å². The van der Waals surface area contributed by atoms with Crippen molar-refractivity contribution in [2.45, 2.75) is 32.7 Å². The smallest absolute Gasteiger partial charge is 0.319 e. The number of ether oxygens (including phenoxy) is 1. The first kappa shape index (κ1) is 23.6. The Hall–Kier alpha value is -3.58. The summed E-state index contributed by atoms with van der Waals surface area (Å²) in [5, 5.41) is 15.6. The van der Waals surface area contributed by atoms with Crippen LogP contribution in [0.1, 0.15) is 35.2 Å². The van der Waals surface area contributed by atoms with Gasteiger partial charge in [-0.05, 0) is 31.9 Å². The Morgan fingerprint density at radius 1 is 1.38 bits per heavy atom. The molecule has 0 saturated carbocycles. The summed E-state index contributed by atoms with van der Waals surface area (Å²) in [4.78, 5) is 24.0. The van der Waals surface area contributed by atoms with Crippen molar-refractivity contribution in [2.75, 3.05) is 39.5 Å². The largest absolute Gasteiger partial charge is 0.493 e. The molecular formula is C23H27ClN8O2. The lowest BCUT2D eigenvalue weighted by atomic mass is 9.85. The van der Waals surface area contributed by atoms with Gasteiger partial charge in [-0.15, -0.1) is 0 Å². The lowest BCUT2D eigenvalue weighted by Gasteiger charge is -2.41. The van der Waals surface area contributed by atoms with E-state index in [1.165, 1.54) is 6.33 Å².